The quantitative estimate of drug-likeness (QED) is 0.343. The Kier molecular flexibility index (Phi) is 8.72. The predicted molar refractivity (Wildman–Crippen MR) is 172 cm³/mol. The van der Waals surface area contributed by atoms with Crippen molar-refractivity contribution in [1.82, 2.24) is 19.4 Å². The fourth-order valence-corrected chi connectivity index (χ4v) is 10.9. The van der Waals surface area contributed by atoms with Crippen molar-refractivity contribution >= 4 is 20.9 Å². The van der Waals surface area contributed by atoms with E-state index in [0.717, 1.165) is 68.0 Å². The lowest BCUT2D eigenvalue weighted by Gasteiger charge is -2.54. The van der Waals surface area contributed by atoms with Crippen molar-refractivity contribution in [2.45, 2.75) is 127 Å². The molecule has 0 spiro atoms. The second-order valence-corrected chi connectivity index (χ2v) is 17.3. The number of para-hydroxylation sites is 2. The largest absolute Gasteiger partial charge is 0.325 e. The molecule has 0 N–H and O–H groups in total. The van der Waals surface area contributed by atoms with Crippen LogP contribution >= 0.6 is 0 Å². The van der Waals surface area contributed by atoms with Crippen molar-refractivity contribution < 1.29 is 8.42 Å². The SMILES string of the molecule is CS(=O)(=O)CCCN1CCC[C@@H](Cc2nc3ccccc3n2[C@H]2C[C@H]3CCC[C@@H](C2)N3[C@@H]2C[C@@H]3CCCC[C@@H](C3)C2)C1. The zero-order chi connectivity index (χ0) is 28.7. The Hall–Kier alpha value is -1.44. The van der Waals surface area contributed by atoms with Crippen LogP contribution in [0.15, 0.2) is 24.3 Å². The Bertz CT molecular complexity index is 1300. The normalized spacial score (nSPS) is 34.8. The van der Waals surface area contributed by atoms with E-state index in [1.165, 1.54) is 107 Å². The molecule has 7 rings (SSSR count). The van der Waals surface area contributed by atoms with Crippen LogP contribution in [-0.4, -0.2) is 77.5 Å². The molecule has 1 aromatic carbocycles. The predicted octanol–water partition coefficient (Wildman–Crippen LogP) is 6.64. The van der Waals surface area contributed by atoms with E-state index in [4.69, 9.17) is 4.98 Å². The summed E-state index contributed by atoms with van der Waals surface area (Å²) in [6, 6.07) is 11.7. The maximum Gasteiger partial charge on any atom is 0.147 e. The third-order valence-electron chi connectivity index (χ3n) is 11.9. The van der Waals surface area contributed by atoms with Gasteiger partial charge in [-0.2, -0.15) is 0 Å². The molecule has 7 atom stereocenters. The summed E-state index contributed by atoms with van der Waals surface area (Å²) in [5.41, 5.74) is 2.51. The highest BCUT2D eigenvalue weighted by Crippen LogP contribution is 2.47. The lowest BCUT2D eigenvalue weighted by atomic mass is 9.73. The fraction of sp³-hybridized carbons (Fsp3) is 0.800. The lowest BCUT2D eigenvalue weighted by Crippen LogP contribution is -2.58. The molecule has 42 heavy (non-hydrogen) atoms. The highest BCUT2D eigenvalue weighted by molar-refractivity contribution is 7.90. The molecule has 1 aromatic heterocycles. The number of rotatable bonds is 8. The Morgan fingerprint density at radius 1 is 0.810 bits per heavy atom. The minimum Gasteiger partial charge on any atom is -0.325 e. The van der Waals surface area contributed by atoms with Gasteiger partial charge in [-0.3, -0.25) is 4.90 Å². The van der Waals surface area contributed by atoms with E-state index in [1.54, 1.807) is 0 Å². The van der Waals surface area contributed by atoms with Gasteiger partial charge >= 0.3 is 0 Å². The van der Waals surface area contributed by atoms with Crippen molar-refractivity contribution in [3.63, 3.8) is 0 Å². The summed E-state index contributed by atoms with van der Waals surface area (Å²) in [6.07, 6.45) is 22.7. The molecule has 6 nitrogen and oxygen atoms in total. The number of benzene rings is 1. The average molecular weight is 595 g/mol. The summed E-state index contributed by atoms with van der Waals surface area (Å²) < 4.78 is 26.0. The van der Waals surface area contributed by atoms with Crippen LogP contribution in [0.3, 0.4) is 0 Å². The zero-order valence-electron chi connectivity index (χ0n) is 26.0. The summed E-state index contributed by atoms with van der Waals surface area (Å²) in [6.45, 7) is 3.06. The number of hydrogen-bond acceptors (Lipinski definition) is 5. The fourth-order valence-electron chi connectivity index (χ4n) is 10.3. The number of piperidine rings is 3. The maximum atomic E-state index is 11.7. The van der Waals surface area contributed by atoms with Gasteiger partial charge in [0.2, 0.25) is 0 Å². The van der Waals surface area contributed by atoms with E-state index >= 15 is 0 Å². The van der Waals surface area contributed by atoms with Gasteiger partial charge in [0.15, 0.2) is 0 Å². The van der Waals surface area contributed by atoms with Crippen molar-refractivity contribution in [3.8, 4) is 0 Å². The first kappa shape index (κ1) is 29.3. The number of imidazole rings is 1. The number of aromatic nitrogens is 2. The van der Waals surface area contributed by atoms with E-state index < -0.39 is 9.84 Å². The first-order chi connectivity index (χ1) is 20.4. The van der Waals surface area contributed by atoms with Crippen LogP contribution in [0.2, 0.25) is 0 Å². The number of likely N-dealkylation sites (tertiary alicyclic amines) is 1. The van der Waals surface area contributed by atoms with Crippen LogP contribution in [0, 0.1) is 17.8 Å². The monoisotopic (exact) mass is 594 g/mol. The first-order valence-electron chi connectivity index (χ1n) is 17.5. The molecule has 4 heterocycles. The second-order valence-electron chi connectivity index (χ2n) is 15.1. The Morgan fingerprint density at radius 2 is 1.55 bits per heavy atom. The van der Waals surface area contributed by atoms with Crippen molar-refractivity contribution in [2.24, 2.45) is 17.8 Å². The molecule has 7 heteroatoms. The summed E-state index contributed by atoms with van der Waals surface area (Å²) in [7, 11) is -2.89. The molecule has 0 unspecified atom stereocenters. The van der Waals surface area contributed by atoms with E-state index in [0.29, 0.717) is 17.7 Å². The molecule has 232 valence electrons. The molecule has 2 aliphatic carbocycles. The van der Waals surface area contributed by atoms with Gasteiger partial charge in [0, 0.05) is 43.4 Å². The molecule has 0 amide bonds. The van der Waals surface area contributed by atoms with Gasteiger partial charge in [0.1, 0.15) is 15.7 Å². The van der Waals surface area contributed by atoms with Crippen LogP contribution in [0.5, 0.6) is 0 Å². The van der Waals surface area contributed by atoms with E-state index in [2.05, 4.69) is 38.6 Å². The van der Waals surface area contributed by atoms with Crippen LogP contribution in [0.1, 0.15) is 108 Å². The number of fused-ring (bicyclic) bond motifs is 5. The molecular weight excluding hydrogens is 540 g/mol. The Labute approximate surface area is 254 Å². The van der Waals surface area contributed by atoms with Gasteiger partial charge < -0.3 is 9.47 Å². The first-order valence-corrected chi connectivity index (χ1v) is 19.6. The zero-order valence-corrected chi connectivity index (χ0v) is 26.8. The van der Waals surface area contributed by atoms with E-state index in [-0.39, 0.29) is 0 Å². The van der Waals surface area contributed by atoms with Gasteiger partial charge in [-0.25, -0.2) is 13.4 Å². The van der Waals surface area contributed by atoms with E-state index in [1.807, 2.05) is 0 Å². The molecule has 3 saturated heterocycles. The number of sulfone groups is 1. The van der Waals surface area contributed by atoms with Gasteiger partial charge in [-0.1, -0.05) is 44.2 Å². The summed E-state index contributed by atoms with van der Waals surface area (Å²) in [5.74, 6) is 4.17. The third-order valence-corrected chi connectivity index (χ3v) is 12.9. The summed E-state index contributed by atoms with van der Waals surface area (Å²) >= 11 is 0. The molecule has 2 aromatic rings. The van der Waals surface area contributed by atoms with Crippen molar-refractivity contribution in [2.75, 3.05) is 31.6 Å². The van der Waals surface area contributed by atoms with Crippen molar-refractivity contribution in [3.05, 3.63) is 30.1 Å². The topological polar surface area (TPSA) is 58.4 Å². The number of nitrogens with zero attached hydrogens (tertiary/aromatic N) is 4. The molecule has 3 aliphatic heterocycles. The van der Waals surface area contributed by atoms with Gasteiger partial charge in [-0.15, -0.1) is 0 Å². The van der Waals surface area contributed by atoms with Crippen LogP contribution < -0.4 is 0 Å². The molecule has 5 aliphatic rings. The summed E-state index contributed by atoms with van der Waals surface area (Å²) in [5, 5.41) is 0. The van der Waals surface area contributed by atoms with Crippen LogP contribution in [-0.2, 0) is 16.3 Å². The molecule has 4 bridgehead atoms. The Balaban J connectivity index is 1.09. The second kappa shape index (κ2) is 12.5. The third kappa shape index (κ3) is 6.49. The molecule has 2 saturated carbocycles. The Morgan fingerprint density at radius 3 is 2.29 bits per heavy atom. The lowest BCUT2D eigenvalue weighted by molar-refractivity contribution is -0.0420. The van der Waals surface area contributed by atoms with Gasteiger partial charge in [-0.05, 0) is 107 Å². The van der Waals surface area contributed by atoms with Gasteiger partial charge in [0.25, 0.3) is 0 Å². The standard InChI is InChI=1S/C35H54N4O2S/c1-42(40,41)18-8-17-37-16-7-11-28(25-37)22-35-36-33-14-4-5-15-34(33)39(35)32-23-29-12-6-13-30(24-32)38(29)31-20-26-9-2-3-10-27(19-26)21-31/h4-5,14-15,26-32H,2-3,6-13,16-25H2,1H3/t26-,27+,28-,29-,30+,31-,32+/m0/s1. The molecule has 5 fully saturated rings. The maximum absolute atomic E-state index is 11.7. The average Bonchev–Trinajstić information content (AvgIpc) is 3.22. The minimum atomic E-state index is -2.89. The minimum absolute atomic E-state index is 0.299. The highest BCUT2D eigenvalue weighted by atomic mass is 32.2. The van der Waals surface area contributed by atoms with Gasteiger partial charge in [0.05, 0.1) is 16.8 Å². The van der Waals surface area contributed by atoms with Crippen molar-refractivity contribution in [1.29, 1.82) is 0 Å². The summed E-state index contributed by atoms with van der Waals surface area (Å²) in [4.78, 5) is 10.9. The van der Waals surface area contributed by atoms with Crippen LogP contribution in [0.25, 0.3) is 11.0 Å². The molecular formula is C35H54N4O2S. The number of hydrogen-bond donors (Lipinski definition) is 0. The molecule has 0 radical (unpaired) electrons. The van der Waals surface area contributed by atoms with Crippen LogP contribution in [0.4, 0.5) is 0 Å². The highest BCUT2D eigenvalue weighted by Gasteiger charge is 2.45. The van der Waals surface area contributed by atoms with E-state index in [9.17, 15) is 8.42 Å². The smallest absolute Gasteiger partial charge is 0.147 e.